The van der Waals surface area contributed by atoms with E-state index < -0.39 is 23.7 Å². The van der Waals surface area contributed by atoms with Crippen LogP contribution in [-0.4, -0.2) is 29.6 Å². The molecule has 1 heterocycles. The lowest BCUT2D eigenvalue weighted by molar-refractivity contribution is -0.139. The third kappa shape index (κ3) is 2.29. The minimum absolute atomic E-state index is 0.313. The number of carbonyl (C=O) groups excluding carboxylic acids is 3. The molecule has 2 rings (SSSR count). The minimum atomic E-state index is -1.19. The zero-order valence-corrected chi connectivity index (χ0v) is 10.8. The molecule has 5 heteroatoms. The standard InChI is InChI=1S/C14H15NO4/c1-8(16)7-11(17)12-13(18)9-5-3-4-6-10(9)15(2)14(12)19/h3-6,12-13,18H,7H2,1-2H3. The van der Waals surface area contributed by atoms with Crippen molar-refractivity contribution < 1.29 is 19.5 Å². The Hall–Kier alpha value is -2.01. The number of hydrogen-bond donors (Lipinski definition) is 1. The molecule has 1 aromatic carbocycles. The molecule has 1 aliphatic heterocycles. The van der Waals surface area contributed by atoms with Crippen molar-refractivity contribution in [1.29, 1.82) is 0 Å². The number of aliphatic hydroxyl groups excluding tert-OH is 1. The van der Waals surface area contributed by atoms with Crippen molar-refractivity contribution in [2.45, 2.75) is 19.4 Å². The van der Waals surface area contributed by atoms with Gasteiger partial charge in [0.15, 0.2) is 5.78 Å². The molecule has 100 valence electrons. The van der Waals surface area contributed by atoms with Crippen molar-refractivity contribution in [2.24, 2.45) is 5.92 Å². The summed E-state index contributed by atoms with van der Waals surface area (Å²) in [4.78, 5) is 36.5. The zero-order valence-electron chi connectivity index (χ0n) is 10.8. The lowest BCUT2D eigenvalue weighted by Crippen LogP contribution is -2.45. The Kier molecular flexibility index (Phi) is 3.48. The van der Waals surface area contributed by atoms with Crippen molar-refractivity contribution in [1.82, 2.24) is 0 Å². The van der Waals surface area contributed by atoms with Crippen LogP contribution in [0.3, 0.4) is 0 Å². The predicted molar refractivity (Wildman–Crippen MR) is 68.6 cm³/mol. The van der Waals surface area contributed by atoms with Gasteiger partial charge in [-0.1, -0.05) is 18.2 Å². The number of hydrogen-bond acceptors (Lipinski definition) is 4. The van der Waals surface area contributed by atoms with E-state index in [1.165, 1.54) is 11.8 Å². The molecule has 0 aliphatic carbocycles. The van der Waals surface area contributed by atoms with Crippen LogP contribution in [0.1, 0.15) is 25.0 Å². The van der Waals surface area contributed by atoms with Crippen LogP contribution in [0.4, 0.5) is 5.69 Å². The lowest BCUT2D eigenvalue weighted by Gasteiger charge is -2.34. The first-order chi connectivity index (χ1) is 8.93. The van der Waals surface area contributed by atoms with Gasteiger partial charge in [-0.2, -0.15) is 0 Å². The first-order valence-corrected chi connectivity index (χ1v) is 6.00. The first-order valence-electron chi connectivity index (χ1n) is 6.00. The van der Waals surface area contributed by atoms with Crippen LogP contribution >= 0.6 is 0 Å². The van der Waals surface area contributed by atoms with E-state index in [0.29, 0.717) is 11.3 Å². The Bertz CT molecular complexity index is 552. The molecule has 1 aromatic rings. The molecule has 0 radical (unpaired) electrons. The van der Waals surface area contributed by atoms with Crippen molar-refractivity contribution >= 4 is 23.2 Å². The normalized spacial score (nSPS) is 22.1. The summed E-state index contributed by atoms with van der Waals surface area (Å²) in [5.74, 6) is -2.51. The molecule has 1 aliphatic rings. The lowest BCUT2D eigenvalue weighted by atomic mass is 9.84. The largest absolute Gasteiger partial charge is 0.387 e. The number of fused-ring (bicyclic) bond motifs is 1. The quantitative estimate of drug-likeness (QED) is 0.819. The van der Waals surface area contributed by atoms with Crippen LogP contribution in [-0.2, 0) is 14.4 Å². The van der Waals surface area contributed by atoms with Crippen LogP contribution in [0.2, 0.25) is 0 Å². The third-order valence-electron chi connectivity index (χ3n) is 3.30. The van der Waals surface area contributed by atoms with E-state index >= 15 is 0 Å². The molecule has 1 amide bonds. The van der Waals surface area contributed by atoms with Gasteiger partial charge in [-0.3, -0.25) is 14.4 Å². The van der Waals surface area contributed by atoms with Gasteiger partial charge in [0, 0.05) is 18.3 Å². The fourth-order valence-electron chi connectivity index (χ4n) is 2.35. The zero-order chi connectivity index (χ0) is 14.2. The van der Waals surface area contributed by atoms with E-state index in [4.69, 9.17) is 0 Å². The van der Waals surface area contributed by atoms with E-state index in [9.17, 15) is 19.5 Å². The van der Waals surface area contributed by atoms with Crippen LogP contribution in [0, 0.1) is 5.92 Å². The second kappa shape index (κ2) is 4.93. The number of nitrogens with zero attached hydrogens (tertiary/aromatic N) is 1. The fraction of sp³-hybridized carbons (Fsp3) is 0.357. The van der Waals surface area contributed by atoms with E-state index in [-0.39, 0.29) is 12.2 Å². The Morgan fingerprint density at radius 1 is 1.32 bits per heavy atom. The summed E-state index contributed by atoms with van der Waals surface area (Å²) in [6, 6.07) is 6.88. The van der Waals surface area contributed by atoms with E-state index in [1.54, 1.807) is 31.3 Å². The minimum Gasteiger partial charge on any atom is -0.387 e. The number of ketones is 2. The van der Waals surface area contributed by atoms with Crippen LogP contribution in [0.15, 0.2) is 24.3 Å². The van der Waals surface area contributed by atoms with Crippen LogP contribution < -0.4 is 4.90 Å². The molecule has 0 saturated carbocycles. The fourth-order valence-corrected chi connectivity index (χ4v) is 2.35. The maximum absolute atomic E-state index is 12.2. The molecule has 0 saturated heterocycles. The molecular formula is C14H15NO4. The summed E-state index contributed by atoms with van der Waals surface area (Å²) in [6.45, 7) is 1.29. The summed E-state index contributed by atoms with van der Waals surface area (Å²) in [5, 5.41) is 10.2. The van der Waals surface area contributed by atoms with Crippen LogP contribution in [0.5, 0.6) is 0 Å². The van der Waals surface area contributed by atoms with Gasteiger partial charge in [-0.15, -0.1) is 0 Å². The number of benzene rings is 1. The Labute approximate surface area is 110 Å². The molecule has 1 N–H and O–H groups in total. The molecule has 5 nitrogen and oxygen atoms in total. The van der Waals surface area contributed by atoms with Gasteiger partial charge < -0.3 is 10.0 Å². The average molecular weight is 261 g/mol. The summed E-state index contributed by atoms with van der Waals surface area (Å²) >= 11 is 0. The SMILES string of the molecule is CC(=O)CC(=O)C1C(=O)N(C)c2ccccc2C1O. The highest BCUT2D eigenvalue weighted by atomic mass is 16.3. The summed E-state index contributed by atoms with van der Waals surface area (Å²) < 4.78 is 0. The molecule has 2 atom stereocenters. The Morgan fingerprint density at radius 2 is 1.95 bits per heavy atom. The molecule has 2 unspecified atom stereocenters. The van der Waals surface area contributed by atoms with Gasteiger partial charge in [-0.05, 0) is 13.0 Å². The molecule has 0 fully saturated rings. The third-order valence-corrected chi connectivity index (χ3v) is 3.30. The molecule has 0 bridgehead atoms. The van der Waals surface area contributed by atoms with Crippen LogP contribution in [0.25, 0.3) is 0 Å². The Balaban J connectivity index is 2.41. The summed E-state index contributed by atoms with van der Waals surface area (Å²) in [6.07, 6.45) is -1.52. The maximum Gasteiger partial charge on any atom is 0.240 e. The van der Waals surface area contributed by atoms with Crippen molar-refractivity contribution in [3.8, 4) is 0 Å². The van der Waals surface area contributed by atoms with Gasteiger partial charge in [-0.25, -0.2) is 0 Å². The van der Waals surface area contributed by atoms with Gasteiger partial charge >= 0.3 is 0 Å². The van der Waals surface area contributed by atoms with Gasteiger partial charge in [0.1, 0.15) is 11.7 Å². The van der Waals surface area contributed by atoms with Gasteiger partial charge in [0.2, 0.25) is 5.91 Å². The number of carbonyl (C=O) groups is 3. The topological polar surface area (TPSA) is 74.7 Å². The van der Waals surface area contributed by atoms with Crippen molar-refractivity contribution in [3.05, 3.63) is 29.8 Å². The molecule has 0 spiro atoms. The second-order valence-electron chi connectivity index (χ2n) is 4.72. The molecular weight excluding hydrogens is 246 g/mol. The number of anilines is 1. The van der Waals surface area contributed by atoms with Crippen molar-refractivity contribution in [3.63, 3.8) is 0 Å². The average Bonchev–Trinajstić information content (AvgIpc) is 2.35. The van der Waals surface area contributed by atoms with E-state index in [0.717, 1.165) is 0 Å². The highest BCUT2D eigenvalue weighted by molar-refractivity contribution is 6.14. The van der Waals surface area contributed by atoms with Gasteiger partial charge in [0.25, 0.3) is 0 Å². The van der Waals surface area contributed by atoms with Gasteiger partial charge in [0.05, 0.1) is 12.5 Å². The summed E-state index contributed by atoms with van der Waals surface area (Å²) in [5.41, 5.74) is 1.12. The number of rotatable bonds is 3. The highest BCUT2D eigenvalue weighted by Crippen LogP contribution is 2.37. The second-order valence-corrected chi connectivity index (χ2v) is 4.72. The summed E-state index contributed by atoms with van der Waals surface area (Å²) in [7, 11) is 1.56. The monoisotopic (exact) mass is 261 g/mol. The predicted octanol–water partition coefficient (Wildman–Crippen LogP) is 0.861. The molecule has 19 heavy (non-hydrogen) atoms. The Morgan fingerprint density at radius 3 is 2.58 bits per heavy atom. The van der Waals surface area contributed by atoms with E-state index in [1.807, 2.05) is 0 Å². The molecule has 0 aromatic heterocycles. The van der Waals surface area contributed by atoms with Crippen molar-refractivity contribution in [2.75, 3.05) is 11.9 Å². The number of aliphatic hydroxyl groups is 1. The smallest absolute Gasteiger partial charge is 0.240 e. The highest BCUT2D eigenvalue weighted by Gasteiger charge is 2.42. The number of amides is 1. The van der Waals surface area contributed by atoms with E-state index in [2.05, 4.69) is 0 Å². The first kappa shape index (κ1) is 13.4. The number of Topliss-reactive ketones (excluding diaryl/α,β-unsaturated/α-hetero) is 2. The maximum atomic E-state index is 12.2. The number of para-hydroxylation sites is 1.